The SMILES string of the molecule is OCc1ccc(CSc2ncccn2)cc1. The van der Waals surface area contributed by atoms with Crippen molar-refractivity contribution < 1.29 is 5.11 Å². The van der Waals surface area contributed by atoms with E-state index in [4.69, 9.17) is 5.11 Å². The zero-order valence-corrected chi connectivity index (χ0v) is 9.52. The number of benzene rings is 1. The van der Waals surface area contributed by atoms with Crippen molar-refractivity contribution in [3.05, 3.63) is 53.9 Å². The molecule has 0 aliphatic carbocycles. The van der Waals surface area contributed by atoms with Crippen LogP contribution in [0.5, 0.6) is 0 Å². The lowest BCUT2D eigenvalue weighted by Crippen LogP contribution is -1.87. The molecule has 2 aromatic rings. The zero-order valence-electron chi connectivity index (χ0n) is 8.71. The Morgan fingerprint density at radius 1 is 1.00 bits per heavy atom. The van der Waals surface area contributed by atoms with E-state index in [1.807, 2.05) is 24.3 Å². The molecule has 0 saturated heterocycles. The molecule has 2 rings (SSSR count). The lowest BCUT2D eigenvalue weighted by Gasteiger charge is -2.01. The van der Waals surface area contributed by atoms with Crippen LogP contribution < -0.4 is 0 Å². The minimum Gasteiger partial charge on any atom is -0.392 e. The second-order valence-corrected chi connectivity index (χ2v) is 4.24. The van der Waals surface area contributed by atoms with Crippen LogP contribution in [0.15, 0.2) is 47.9 Å². The summed E-state index contributed by atoms with van der Waals surface area (Å²) in [5.41, 5.74) is 2.14. The molecule has 0 fully saturated rings. The lowest BCUT2D eigenvalue weighted by atomic mass is 10.2. The standard InChI is InChI=1S/C12H12N2OS/c15-8-10-2-4-11(5-3-10)9-16-12-13-6-1-7-14-12/h1-7,15H,8-9H2. The maximum absolute atomic E-state index is 8.91. The Hall–Kier alpha value is -1.39. The molecule has 0 aliphatic rings. The number of rotatable bonds is 4. The number of thioether (sulfide) groups is 1. The number of nitrogens with zero attached hydrogens (tertiary/aromatic N) is 2. The highest BCUT2D eigenvalue weighted by atomic mass is 32.2. The Balaban J connectivity index is 1.94. The van der Waals surface area contributed by atoms with Crippen molar-refractivity contribution in [3.63, 3.8) is 0 Å². The second-order valence-electron chi connectivity index (χ2n) is 3.29. The Kier molecular flexibility index (Phi) is 3.91. The summed E-state index contributed by atoms with van der Waals surface area (Å²) in [6.07, 6.45) is 3.48. The molecule has 0 bridgehead atoms. The monoisotopic (exact) mass is 232 g/mol. The third-order valence-electron chi connectivity index (χ3n) is 2.12. The van der Waals surface area contributed by atoms with Gasteiger partial charge in [-0.3, -0.25) is 0 Å². The second kappa shape index (κ2) is 5.63. The van der Waals surface area contributed by atoms with E-state index in [0.717, 1.165) is 16.5 Å². The molecule has 0 radical (unpaired) electrons. The smallest absolute Gasteiger partial charge is 0.187 e. The lowest BCUT2D eigenvalue weighted by molar-refractivity contribution is 0.282. The predicted octanol–water partition coefficient (Wildman–Crippen LogP) is 2.26. The van der Waals surface area contributed by atoms with Crippen molar-refractivity contribution in [1.29, 1.82) is 0 Å². The van der Waals surface area contributed by atoms with E-state index < -0.39 is 0 Å². The Morgan fingerprint density at radius 3 is 2.25 bits per heavy atom. The summed E-state index contributed by atoms with van der Waals surface area (Å²) >= 11 is 1.60. The average molecular weight is 232 g/mol. The van der Waals surface area contributed by atoms with Gasteiger partial charge in [-0.1, -0.05) is 36.0 Å². The summed E-state index contributed by atoms with van der Waals surface area (Å²) in [6.45, 7) is 0.0925. The molecule has 0 saturated carbocycles. The van der Waals surface area contributed by atoms with Gasteiger partial charge in [0, 0.05) is 18.1 Å². The van der Waals surface area contributed by atoms with Gasteiger partial charge in [0.2, 0.25) is 0 Å². The molecule has 1 N–H and O–H groups in total. The molecule has 0 spiro atoms. The Labute approximate surface area is 98.6 Å². The van der Waals surface area contributed by atoms with E-state index in [0.29, 0.717) is 0 Å². The summed E-state index contributed by atoms with van der Waals surface area (Å²) in [5.74, 6) is 0.843. The fourth-order valence-electron chi connectivity index (χ4n) is 1.25. The zero-order chi connectivity index (χ0) is 11.2. The minimum absolute atomic E-state index is 0.0925. The summed E-state index contributed by atoms with van der Waals surface area (Å²) in [4.78, 5) is 8.28. The Morgan fingerprint density at radius 2 is 1.62 bits per heavy atom. The molecule has 1 aromatic heterocycles. The molecule has 0 atom stereocenters. The summed E-state index contributed by atoms with van der Waals surface area (Å²) < 4.78 is 0. The van der Waals surface area contributed by atoms with Crippen molar-refractivity contribution in [2.24, 2.45) is 0 Å². The highest BCUT2D eigenvalue weighted by Gasteiger charge is 1.98. The van der Waals surface area contributed by atoms with Crippen molar-refractivity contribution >= 4 is 11.8 Å². The third-order valence-corrected chi connectivity index (χ3v) is 3.06. The largest absolute Gasteiger partial charge is 0.392 e. The number of hydrogen-bond donors (Lipinski definition) is 1. The maximum atomic E-state index is 8.91. The van der Waals surface area contributed by atoms with Crippen LogP contribution in [-0.2, 0) is 12.4 Å². The highest BCUT2D eigenvalue weighted by Crippen LogP contribution is 2.18. The van der Waals surface area contributed by atoms with Gasteiger partial charge in [0.25, 0.3) is 0 Å². The van der Waals surface area contributed by atoms with Gasteiger partial charge in [-0.25, -0.2) is 9.97 Å². The number of aliphatic hydroxyl groups excluding tert-OH is 1. The van der Waals surface area contributed by atoms with Crippen LogP contribution in [-0.4, -0.2) is 15.1 Å². The van der Waals surface area contributed by atoms with Crippen LogP contribution in [0, 0.1) is 0 Å². The molecule has 0 amide bonds. The van der Waals surface area contributed by atoms with Gasteiger partial charge in [0.05, 0.1) is 6.61 Å². The van der Waals surface area contributed by atoms with Crippen molar-refractivity contribution in [1.82, 2.24) is 9.97 Å². The average Bonchev–Trinajstić information content (AvgIpc) is 2.38. The normalized spacial score (nSPS) is 10.3. The van der Waals surface area contributed by atoms with E-state index in [9.17, 15) is 0 Å². The molecule has 16 heavy (non-hydrogen) atoms. The summed E-state index contributed by atoms with van der Waals surface area (Å²) in [7, 11) is 0. The van der Waals surface area contributed by atoms with Gasteiger partial charge in [0.15, 0.2) is 5.16 Å². The van der Waals surface area contributed by atoms with Crippen LogP contribution in [0.1, 0.15) is 11.1 Å². The molecular weight excluding hydrogens is 220 g/mol. The van der Waals surface area contributed by atoms with Crippen molar-refractivity contribution in [3.8, 4) is 0 Å². The van der Waals surface area contributed by atoms with E-state index in [1.165, 1.54) is 5.56 Å². The van der Waals surface area contributed by atoms with E-state index in [-0.39, 0.29) is 6.61 Å². The van der Waals surface area contributed by atoms with Crippen LogP contribution in [0.2, 0.25) is 0 Å². The van der Waals surface area contributed by atoms with Gasteiger partial charge < -0.3 is 5.11 Å². The quantitative estimate of drug-likeness (QED) is 0.649. The first-order valence-electron chi connectivity index (χ1n) is 4.97. The summed E-state index contributed by atoms with van der Waals surface area (Å²) in [6, 6.07) is 9.70. The van der Waals surface area contributed by atoms with Gasteiger partial charge in [-0.05, 0) is 17.2 Å². The molecular formula is C12H12N2OS. The number of aromatic nitrogens is 2. The number of aliphatic hydroxyl groups is 1. The molecule has 82 valence electrons. The van der Waals surface area contributed by atoms with Gasteiger partial charge in [-0.15, -0.1) is 0 Å². The predicted molar refractivity (Wildman–Crippen MR) is 64.0 cm³/mol. The molecule has 4 heteroatoms. The van der Waals surface area contributed by atoms with E-state index >= 15 is 0 Å². The van der Waals surface area contributed by atoms with Gasteiger partial charge >= 0.3 is 0 Å². The number of hydrogen-bond acceptors (Lipinski definition) is 4. The highest BCUT2D eigenvalue weighted by molar-refractivity contribution is 7.98. The van der Waals surface area contributed by atoms with Crippen LogP contribution in [0.25, 0.3) is 0 Å². The van der Waals surface area contributed by atoms with Crippen molar-refractivity contribution in [2.75, 3.05) is 0 Å². The fourth-order valence-corrected chi connectivity index (χ4v) is 2.01. The van der Waals surface area contributed by atoms with Crippen LogP contribution in [0.4, 0.5) is 0 Å². The molecule has 1 aromatic carbocycles. The van der Waals surface area contributed by atoms with E-state index in [1.54, 1.807) is 30.2 Å². The summed E-state index contributed by atoms with van der Waals surface area (Å²) in [5, 5.41) is 9.70. The van der Waals surface area contributed by atoms with Crippen LogP contribution in [0.3, 0.4) is 0 Å². The van der Waals surface area contributed by atoms with Crippen molar-refractivity contribution in [2.45, 2.75) is 17.5 Å². The molecule has 3 nitrogen and oxygen atoms in total. The first-order chi connectivity index (χ1) is 7.88. The fraction of sp³-hybridized carbons (Fsp3) is 0.167. The first kappa shape index (κ1) is 11.1. The van der Waals surface area contributed by atoms with Gasteiger partial charge in [-0.2, -0.15) is 0 Å². The van der Waals surface area contributed by atoms with E-state index in [2.05, 4.69) is 9.97 Å². The maximum Gasteiger partial charge on any atom is 0.187 e. The molecule has 1 heterocycles. The molecule has 0 aliphatic heterocycles. The topological polar surface area (TPSA) is 46.0 Å². The minimum atomic E-state index is 0.0925. The molecule has 0 unspecified atom stereocenters. The Bertz CT molecular complexity index is 431. The van der Waals surface area contributed by atoms with Gasteiger partial charge in [0.1, 0.15) is 0 Å². The third kappa shape index (κ3) is 3.05. The van der Waals surface area contributed by atoms with Crippen LogP contribution >= 0.6 is 11.8 Å². The first-order valence-corrected chi connectivity index (χ1v) is 5.95.